The zero-order valence-electron chi connectivity index (χ0n) is 27.3. The first kappa shape index (κ1) is 28.4. The largest absolute Gasteiger partial charge is 0.456 e. The normalized spacial score (nSPS) is 11.6. The van der Waals surface area contributed by atoms with Crippen molar-refractivity contribution in [3.05, 3.63) is 188 Å². The lowest BCUT2D eigenvalue weighted by Gasteiger charge is -2.26. The van der Waals surface area contributed by atoms with Gasteiger partial charge in [-0.05, 0) is 115 Å². The number of rotatable bonds is 5. The van der Waals surface area contributed by atoms with Crippen LogP contribution in [0.2, 0.25) is 0 Å². The second-order valence-corrected chi connectivity index (χ2v) is 12.9. The number of anilines is 3. The lowest BCUT2D eigenvalue weighted by molar-refractivity contribution is 0.669. The minimum atomic E-state index is 0.920. The van der Waals surface area contributed by atoms with Gasteiger partial charge in [0.2, 0.25) is 0 Å². The molecule has 50 heavy (non-hydrogen) atoms. The molecule has 0 saturated carbocycles. The smallest absolute Gasteiger partial charge is 0.136 e. The highest BCUT2D eigenvalue weighted by Gasteiger charge is 2.16. The third-order valence-corrected chi connectivity index (χ3v) is 10.0. The van der Waals surface area contributed by atoms with E-state index in [-0.39, 0.29) is 0 Å². The van der Waals surface area contributed by atoms with E-state index in [0.717, 1.165) is 33.6 Å². The molecule has 0 saturated heterocycles. The number of hydrogen-bond donors (Lipinski definition) is 0. The van der Waals surface area contributed by atoms with E-state index in [1.165, 1.54) is 60.0 Å². The summed E-state index contributed by atoms with van der Waals surface area (Å²) in [7, 11) is 0. The molecule has 0 unspecified atom stereocenters. The van der Waals surface area contributed by atoms with Crippen molar-refractivity contribution >= 4 is 71.3 Å². The van der Waals surface area contributed by atoms with Crippen LogP contribution >= 0.6 is 0 Å². The van der Waals surface area contributed by atoms with Gasteiger partial charge in [0.15, 0.2) is 0 Å². The van der Waals surface area contributed by atoms with Gasteiger partial charge in [0.1, 0.15) is 11.2 Å². The summed E-state index contributed by atoms with van der Waals surface area (Å²) in [4.78, 5) is 2.35. The van der Waals surface area contributed by atoms with E-state index in [9.17, 15) is 0 Å². The maximum atomic E-state index is 6.20. The standard InChI is InChI=1S/C48H31NO/c1-2-13-37(14-3-1)49(39-15-10-12-35(29-39)44-31-36-11-4-5-16-40(36)41-17-6-7-18-42(41)44)38-26-23-32(24-27-38)34-22-21-33-25-28-47-48(45(33)30-34)43-19-8-9-20-46(43)50-47/h1-31H. The number of hydrogen-bond acceptors (Lipinski definition) is 2. The number of fused-ring (bicyclic) bond motifs is 8. The molecular weight excluding hydrogens is 607 g/mol. The Labute approximate surface area is 290 Å². The Morgan fingerprint density at radius 3 is 1.84 bits per heavy atom. The Hall–Kier alpha value is -6.64. The summed E-state index contributed by atoms with van der Waals surface area (Å²) in [5.74, 6) is 0. The van der Waals surface area contributed by atoms with E-state index in [1.54, 1.807) is 0 Å². The van der Waals surface area contributed by atoms with Crippen LogP contribution in [-0.4, -0.2) is 0 Å². The van der Waals surface area contributed by atoms with Crippen LogP contribution in [0, 0.1) is 0 Å². The molecule has 234 valence electrons. The monoisotopic (exact) mass is 637 g/mol. The summed E-state index contributed by atoms with van der Waals surface area (Å²) in [5.41, 5.74) is 9.94. The van der Waals surface area contributed by atoms with Crippen molar-refractivity contribution in [3.8, 4) is 22.3 Å². The first-order chi connectivity index (χ1) is 24.8. The van der Waals surface area contributed by atoms with Gasteiger partial charge >= 0.3 is 0 Å². The molecule has 0 N–H and O–H groups in total. The molecular formula is C48H31NO. The van der Waals surface area contributed by atoms with Crippen LogP contribution in [-0.2, 0) is 0 Å². The fraction of sp³-hybridized carbons (Fsp3) is 0. The number of nitrogens with zero attached hydrogens (tertiary/aromatic N) is 1. The average Bonchev–Trinajstić information content (AvgIpc) is 3.58. The van der Waals surface area contributed by atoms with E-state index in [4.69, 9.17) is 4.42 Å². The highest BCUT2D eigenvalue weighted by Crippen LogP contribution is 2.41. The Morgan fingerprint density at radius 1 is 0.320 bits per heavy atom. The van der Waals surface area contributed by atoms with Gasteiger partial charge in [-0.3, -0.25) is 0 Å². The van der Waals surface area contributed by atoms with Gasteiger partial charge in [0, 0.05) is 27.8 Å². The molecule has 0 aliphatic heterocycles. The molecule has 10 aromatic rings. The van der Waals surface area contributed by atoms with E-state index in [2.05, 4.69) is 181 Å². The van der Waals surface area contributed by atoms with Crippen LogP contribution in [0.4, 0.5) is 17.1 Å². The Bertz CT molecular complexity index is 2870. The maximum absolute atomic E-state index is 6.20. The van der Waals surface area contributed by atoms with Gasteiger partial charge < -0.3 is 9.32 Å². The number of benzene rings is 9. The van der Waals surface area contributed by atoms with Crippen molar-refractivity contribution in [2.45, 2.75) is 0 Å². The summed E-state index contributed by atoms with van der Waals surface area (Å²) in [6.45, 7) is 0. The molecule has 0 bridgehead atoms. The molecule has 2 heteroatoms. The third kappa shape index (κ3) is 4.65. The third-order valence-electron chi connectivity index (χ3n) is 10.0. The number of furan rings is 1. The van der Waals surface area contributed by atoms with Crippen molar-refractivity contribution in [3.63, 3.8) is 0 Å². The zero-order valence-corrected chi connectivity index (χ0v) is 27.3. The fourth-order valence-electron chi connectivity index (χ4n) is 7.66. The predicted molar refractivity (Wildman–Crippen MR) is 212 cm³/mol. The highest BCUT2D eigenvalue weighted by atomic mass is 16.3. The molecule has 9 aromatic carbocycles. The molecule has 0 atom stereocenters. The summed E-state index contributed by atoms with van der Waals surface area (Å²) in [6, 6.07) is 67.5. The van der Waals surface area contributed by atoms with Crippen molar-refractivity contribution in [2.24, 2.45) is 0 Å². The molecule has 0 fully saturated rings. The fourth-order valence-corrected chi connectivity index (χ4v) is 7.66. The first-order valence-electron chi connectivity index (χ1n) is 17.1. The quantitative estimate of drug-likeness (QED) is 0.175. The predicted octanol–water partition coefficient (Wildman–Crippen LogP) is 13.8. The molecule has 0 radical (unpaired) electrons. The van der Waals surface area contributed by atoms with Crippen molar-refractivity contribution < 1.29 is 4.42 Å². The SMILES string of the molecule is c1ccc(N(c2ccc(-c3ccc4ccc5oc6ccccc6c5c4c3)cc2)c2cccc(-c3cc4ccccc4c4ccccc34)c2)cc1. The lowest BCUT2D eigenvalue weighted by atomic mass is 9.93. The molecule has 10 rings (SSSR count). The van der Waals surface area contributed by atoms with Crippen LogP contribution in [0.5, 0.6) is 0 Å². The molecule has 2 nitrogen and oxygen atoms in total. The molecule has 0 aliphatic carbocycles. The maximum Gasteiger partial charge on any atom is 0.136 e. The molecule has 1 aromatic heterocycles. The lowest BCUT2D eigenvalue weighted by Crippen LogP contribution is -2.09. The highest BCUT2D eigenvalue weighted by molar-refractivity contribution is 6.19. The van der Waals surface area contributed by atoms with E-state index in [1.807, 2.05) is 12.1 Å². The summed E-state index contributed by atoms with van der Waals surface area (Å²) >= 11 is 0. The van der Waals surface area contributed by atoms with Crippen LogP contribution < -0.4 is 4.90 Å². The second-order valence-electron chi connectivity index (χ2n) is 12.9. The van der Waals surface area contributed by atoms with Crippen LogP contribution in [0.25, 0.3) is 76.5 Å². The summed E-state index contributed by atoms with van der Waals surface area (Å²) < 4.78 is 6.20. The minimum absolute atomic E-state index is 0.920. The van der Waals surface area contributed by atoms with Crippen LogP contribution in [0.1, 0.15) is 0 Å². The van der Waals surface area contributed by atoms with Crippen molar-refractivity contribution in [1.29, 1.82) is 0 Å². The van der Waals surface area contributed by atoms with Gasteiger partial charge in [-0.2, -0.15) is 0 Å². The Balaban J connectivity index is 1.08. The Kier molecular flexibility index (Phi) is 6.53. The van der Waals surface area contributed by atoms with Crippen molar-refractivity contribution in [2.75, 3.05) is 4.90 Å². The van der Waals surface area contributed by atoms with E-state index >= 15 is 0 Å². The average molecular weight is 638 g/mol. The molecule has 0 aliphatic rings. The van der Waals surface area contributed by atoms with Gasteiger partial charge in [0.25, 0.3) is 0 Å². The van der Waals surface area contributed by atoms with Crippen LogP contribution in [0.3, 0.4) is 0 Å². The minimum Gasteiger partial charge on any atom is -0.456 e. The van der Waals surface area contributed by atoms with Gasteiger partial charge in [-0.1, -0.05) is 127 Å². The Morgan fingerprint density at radius 2 is 0.980 bits per heavy atom. The summed E-state index contributed by atoms with van der Waals surface area (Å²) in [6.07, 6.45) is 0. The summed E-state index contributed by atoms with van der Waals surface area (Å²) in [5, 5.41) is 9.80. The van der Waals surface area contributed by atoms with Gasteiger partial charge in [0.05, 0.1) is 0 Å². The van der Waals surface area contributed by atoms with Gasteiger partial charge in [-0.25, -0.2) is 0 Å². The van der Waals surface area contributed by atoms with Crippen molar-refractivity contribution in [1.82, 2.24) is 0 Å². The first-order valence-corrected chi connectivity index (χ1v) is 17.1. The topological polar surface area (TPSA) is 16.4 Å². The number of para-hydroxylation sites is 2. The molecule has 0 amide bonds. The van der Waals surface area contributed by atoms with Crippen LogP contribution in [0.15, 0.2) is 192 Å². The molecule has 1 heterocycles. The van der Waals surface area contributed by atoms with Gasteiger partial charge in [-0.15, -0.1) is 0 Å². The zero-order chi connectivity index (χ0) is 33.0. The molecule has 0 spiro atoms. The second kappa shape index (κ2) is 11.5. The van der Waals surface area contributed by atoms with E-state index in [0.29, 0.717) is 0 Å². The van der Waals surface area contributed by atoms with E-state index < -0.39 is 0 Å².